The van der Waals surface area contributed by atoms with Gasteiger partial charge in [-0.3, -0.25) is 0 Å². The Labute approximate surface area is 140 Å². The molecule has 0 atom stereocenters. The summed E-state index contributed by atoms with van der Waals surface area (Å²) in [5, 5.41) is 17.8. The van der Waals surface area contributed by atoms with Crippen LogP contribution in [0.25, 0.3) is 0 Å². The third-order valence-corrected chi connectivity index (χ3v) is 4.90. The van der Waals surface area contributed by atoms with Crippen molar-refractivity contribution in [3.63, 3.8) is 0 Å². The number of oxime groups is 1. The van der Waals surface area contributed by atoms with Crippen molar-refractivity contribution in [2.45, 2.75) is 0 Å². The van der Waals surface area contributed by atoms with E-state index in [0.29, 0.717) is 10.8 Å². The molecular weight excluding hydrogens is 336 g/mol. The number of nitriles is 1. The van der Waals surface area contributed by atoms with Gasteiger partial charge in [0, 0.05) is 0 Å². The number of halogens is 1. The summed E-state index contributed by atoms with van der Waals surface area (Å²) in [5.41, 5.74) is 1.03. The Morgan fingerprint density at radius 3 is 2.27 bits per heavy atom. The van der Waals surface area contributed by atoms with Crippen LogP contribution in [0.15, 0.2) is 58.4 Å². The molecule has 0 radical (unpaired) electrons. The molecule has 2 aromatic heterocycles. The topological polar surface area (TPSA) is 45.4 Å². The van der Waals surface area contributed by atoms with Gasteiger partial charge in [0.15, 0.2) is 5.75 Å². The van der Waals surface area contributed by atoms with Crippen molar-refractivity contribution in [1.29, 1.82) is 5.26 Å². The minimum absolute atomic E-state index is 0.282. The van der Waals surface area contributed by atoms with Gasteiger partial charge in [0.25, 0.3) is 0 Å². The second-order valence-electron chi connectivity index (χ2n) is 4.21. The number of hydrogen-bond acceptors (Lipinski definition) is 5. The molecule has 6 heteroatoms. The molecule has 0 amide bonds. The fraction of sp³-hybridized carbons (Fsp3) is 0. The predicted molar refractivity (Wildman–Crippen MR) is 91.1 cm³/mol. The van der Waals surface area contributed by atoms with E-state index >= 15 is 0 Å². The molecule has 0 aliphatic carbocycles. The summed E-state index contributed by atoms with van der Waals surface area (Å²) in [5.74, 6) is 0.348. The maximum absolute atomic E-state index is 9.17. The van der Waals surface area contributed by atoms with Gasteiger partial charge in [-0.1, -0.05) is 35.0 Å². The Hall–Kier alpha value is -2.13. The average Bonchev–Trinajstić information content (AvgIpc) is 3.21. The lowest BCUT2D eigenvalue weighted by atomic mass is 10.2. The number of rotatable bonds is 4. The van der Waals surface area contributed by atoms with Crippen LogP contribution in [0, 0.1) is 11.3 Å². The lowest BCUT2D eigenvalue weighted by Gasteiger charge is -2.05. The predicted octanol–water partition coefficient (Wildman–Crippen LogP) is 5.17. The van der Waals surface area contributed by atoms with Crippen LogP contribution in [-0.4, -0.2) is 5.71 Å². The lowest BCUT2D eigenvalue weighted by molar-refractivity contribution is 0.341. The van der Waals surface area contributed by atoms with Crippen LogP contribution in [0.3, 0.4) is 0 Å². The maximum Gasteiger partial charge on any atom is 0.177 e. The van der Waals surface area contributed by atoms with Gasteiger partial charge >= 0.3 is 0 Å². The second-order valence-corrected chi connectivity index (χ2v) is 6.51. The molecule has 22 heavy (non-hydrogen) atoms. The Morgan fingerprint density at radius 1 is 1.05 bits per heavy atom. The van der Waals surface area contributed by atoms with Crippen molar-refractivity contribution in [3.8, 4) is 11.8 Å². The van der Waals surface area contributed by atoms with Crippen molar-refractivity contribution in [2.75, 3.05) is 0 Å². The van der Waals surface area contributed by atoms with Gasteiger partial charge in [0.05, 0.1) is 14.8 Å². The molecule has 0 N–H and O–H groups in total. The molecule has 2 heterocycles. The Balaban J connectivity index is 1.99. The number of benzene rings is 1. The highest BCUT2D eigenvalue weighted by Crippen LogP contribution is 2.26. The monoisotopic (exact) mass is 344 g/mol. The highest BCUT2D eigenvalue weighted by Gasteiger charge is 2.12. The van der Waals surface area contributed by atoms with Crippen molar-refractivity contribution >= 4 is 40.0 Å². The zero-order valence-corrected chi connectivity index (χ0v) is 13.6. The molecule has 0 bridgehead atoms. The van der Waals surface area contributed by atoms with Crippen molar-refractivity contribution < 1.29 is 4.84 Å². The van der Waals surface area contributed by atoms with E-state index < -0.39 is 0 Å². The molecule has 0 saturated carbocycles. The molecule has 3 aromatic rings. The third-order valence-electron chi connectivity index (χ3n) is 2.83. The summed E-state index contributed by atoms with van der Waals surface area (Å²) < 4.78 is 0. The number of nitrogens with zero attached hydrogens (tertiary/aromatic N) is 2. The van der Waals surface area contributed by atoms with Crippen LogP contribution in [0.4, 0.5) is 0 Å². The van der Waals surface area contributed by atoms with Gasteiger partial charge in [-0.15, -0.1) is 22.7 Å². The molecule has 0 fully saturated rings. The zero-order valence-electron chi connectivity index (χ0n) is 11.2. The van der Waals surface area contributed by atoms with E-state index in [0.717, 1.165) is 15.5 Å². The number of thiophene rings is 2. The van der Waals surface area contributed by atoms with E-state index in [1.165, 1.54) is 0 Å². The van der Waals surface area contributed by atoms with Crippen molar-refractivity contribution in [2.24, 2.45) is 5.16 Å². The van der Waals surface area contributed by atoms with E-state index in [9.17, 15) is 5.26 Å². The van der Waals surface area contributed by atoms with Gasteiger partial charge in [-0.2, -0.15) is 5.26 Å². The van der Waals surface area contributed by atoms with Crippen LogP contribution >= 0.6 is 34.3 Å². The molecule has 0 aliphatic heterocycles. The minimum Gasteiger partial charge on any atom is -0.355 e. The lowest BCUT2D eigenvalue weighted by Crippen LogP contribution is -2.01. The van der Waals surface area contributed by atoms with Crippen LogP contribution in [0.5, 0.6) is 5.75 Å². The molecule has 0 spiro atoms. The normalized spacial score (nSPS) is 10.0. The van der Waals surface area contributed by atoms with Crippen molar-refractivity contribution in [3.05, 3.63) is 73.6 Å². The molecule has 3 rings (SSSR count). The van der Waals surface area contributed by atoms with Crippen LogP contribution in [0.1, 0.15) is 15.3 Å². The maximum atomic E-state index is 9.17. The number of hydrogen-bond donors (Lipinski definition) is 0. The van der Waals surface area contributed by atoms with Crippen LogP contribution in [0.2, 0.25) is 5.02 Å². The molecule has 0 saturated heterocycles. The fourth-order valence-corrected chi connectivity index (χ4v) is 3.53. The molecular formula is C16H9ClN2OS2. The van der Waals surface area contributed by atoms with E-state index in [1.54, 1.807) is 40.9 Å². The summed E-state index contributed by atoms with van der Waals surface area (Å²) in [6, 6.07) is 15.0. The van der Waals surface area contributed by atoms with Gasteiger partial charge in [0.2, 0.25) is 0 Å². The fourth-order valence-electron chi connectivity index (χ4n) is 1.82. The first-order chi connectivity index (χ1) is 10.8. The first-order valence-corrected chi connectivity index (χ1v) is 8.44. The minimum atomic E-state index is 0.282. The summed E-state index contributed by atoms with van der Waals surface area (Å²) >= 11 is 9.16. The molecule has 1 aromatic carbocycles. The first-order valence-electron chi connectivity index (χ1n) is 6.31. The van der Waals surface area contributed by atoms with Crippen molar-refractivity contribution in [1.82, 2.24) is 0 Å². The Morgan fingerprint density at radius 2 is 1.73 bits per heavy atom. The average molecular weight is 345 g/mol. The summed E-state index contributed by atoms with van der Waals surface area (Å²) in [7, 11) is 0. The second kappa shape index (κ2) is 6.75. The zero-order chi connectivity index (χ0) is 15.4. The Kier molecular flexibility index (Phi) is 4.54. The van der Waals surface area contributed by atoms with Gasteiger partial charge in [0.1, 0.15) is 17.3 Å². The van der Waals surface area contributed by atoms with Gasteiger partial charge in [-0.25, -0.2) is 0 Å². The smallest absolute Gasteiger partial charge is 0.177 e. The standard InChI is InChI=1S/C16H9ClN2OS2/c17-12-4-1-5-13(11(12)10-18)20-19-16(14-6-2-8-21-14)15-7-3-9-22-15/h1-9H. The highest BCUT2D eigenvalue weighted by atomic mass is 35.5. The molecule has 3 nitrogen and oxygen atoms in total. The third kappa shape index (κ3) is 3.04. The van der Waals surface area contributed by atoms with Gasteiger partial charge in [-0.05, 0) is 35.0 Å². The highest BCUT2D eigenvalue weighted by molar-refractivity contribution is 7.15. The van der Waals surface area contributed by atoms with Gasteiger partial charge < -0.3 is 4.84 Å². The molecule has 0 unspecified atom stereocenters. The molecule has 108 valence electrons. The van der Waals surface area contributed by atoms with Crippen LogP contribution in [-0.2, 0) is 0 Å². The van der Waals surface area contributed by atoms with Crippen LogP contribution < -0.4 is 4.84 Å². The Bertz CT molecular complexity index is 797. The van der Waals surface area contributed by atoms with E-state index in [-0.39, 0.29) is 5.56 Å². The largest absolute Gasteiger partial charge is 0.355 e. The quantitative estimate of drug-likeness (QED) is 0.484. The van der Waals surface area contributed by atoms with E-state index in [1.807, 2.05) is 41.1 Å². The molecule has 0 aliphatic rings. The summed E-state index contributed by atoms with van der Waals surface area (Å²) in [4.78, 5) is 7.52. The summed E-state index contributed by atoms with van der Waals surface area (Å²) in [6.45, 7) is 0. The first kappa shape index (κ1) is 14.8. The SMILES string of the molecule is N#Cc1c(Cl)cccc1ON=C(c1cccs1)c1cccs1. The van der Waals surface area contributed by atoms with E-state index in [4.69, 9.17) is 16.4 Å². The summed E-state index contributed by atoms with van der Waals surface area (Å²) in [6.07, 6.45) is 0. The van der Waals surface area contributed by atoms with E-state index in [2.05, 4.69) is 5.16 Å².